The van der Waals surface area contributed by atoms with Crippen LogP contribution in [-0.4, -0.2) is 36.4 Å². The van der Waals surface area contributed by atoms with Crippen LogP contribution >= 0.6 is 0 Å². The van der Waals surface area contributed by atoms with Crippen LogP contribution in [0.25, 0.3) is 5.57 Å². The van der Waals surface area contributed by atoms with E-state index in [1.54, 1.807) is 0 Å². The van der Waals surface area contributed by atoms with E-state index >= 15 is 0 Å². The zero-order chi connectivity index (χ0) is 22.2. The zero-order valence-electron chi connectivity index (χ0n) is 18.8. The van der Waals surface area contributed by atoms with Crippen LogP contribution in [0.2, 0.25) is 0 Å². The van der Waals surface area contributed by atoms with Crippen LogP contribution in [0.4, 0.5) is 5.69 Å². The van der Waals surface area contributed by atoms with E-state index < -0.39 is 0 Å². The lowest BCUT2D eigenvalue weighted by Gasteiger charge is -2.22. The van der Waals surface area contributed by atoms with Crippen molar-refractivity contribution < 1.29 is 14.3 Å². The molecule has 0 spiro atoms. The molecular weight excluding hydrogens is 388 g/mol. The molecule has 2 aliphatic heterocycles. The summed E-state index contributed by atoms with van der Waals surface area (Å²) < 4.78 is 5.54. The Hall–Kier alpha value is -3.08. The summed E-state index contributed by atoms with van der Waals surface area (Å²) in [4.78, 5) is 30.5. The Morgan fingerprint density at radius 2 is 1.48 bits per heavy atom. The van der Waals surface area contributed by atoms with E-state index in [0.29, 0.717) is 23.6 Å². The number of amides is 2. The number of carbonyl (C=O) groups excluding carboxylic acids is 2. The van der Waals surface area contributed by atoms with Gasteiger partial charge in [-0.3, -0.25) is 9.59 Å². The minimum atomic E-state index is -0.264. The van der Waals surface area contributed by atoms with Gasteiger partial charge in [0.15, 0.2) is 0 Å². The average molecular weight is 419 g/mol. The Kier molecular flexibility index (Phi) is 5.61. The maximum atomic E-state index is 13.6. The molecule has 2 heterocycles. The van der Waals surface area contributed by atoms with Gasteiger partial charge in [0.2, 0.25) is 0 Å². The molecule has 5 heteroatoms. The van der Waals surface area contributed by atoms with E-state index in [4.69, 9.17) is 4.74 Å². The Balaban J connectivity index is 1.74. The number of nitrogens with zero attached hydrogens (tertiary/aromatic N) is 2. The van der Waals surface area contributed by atoms with Gasteiger partial charge in [-0.15, -0.1) is 0 Å². The molecule has 2 aromatic rings. The molecule has 0 aromatic heterocycles. The predicted octanol–water partition coefficient (Wildman–Crippen LogP) is 4.76. The molecule has 0 saturated carbocycles. The van der Waals surface area contributed by atoms with E-state index in [2.05, 4.69) is 25.7 Å². The van der Waals surface area contributed by atoms with Crippen LogP contribution in [0.1, 0.15) is 51.7 Å². The van der Waals surface area contributed by atoms with Crippen LogP contribution < -0.4 is 9.64 Å². The largest absolute Gasteiger partial charge is 0.494 e. The van der Waals surface area contributed by atoms with Crippen LogP contribution in [0.5, 0.6) is 5.75 Å². The minimum absolute atomic E-state index is 0.00395. The molecule has 1 saturated heterocycles. The first-order valence-electron chi connectivity index (χ1n) is 11.0. The molecule has 2 aliphatic rings. The van der Waals surface area contributed by atoms with Gasteiger partial charge in [-0.25, -0.2) is 4.90 Å². The first-order valence-corrected chi connectivity index (χ1v) is 11.0. The van der Waals surface area contributed by atoms with Crippen molar-refractivity contribution >= 4 is 23.1 Å². The fourth-order valence-corrected chi connectivity index (χ4v) is 4.24. The maximum absolute atomic E-state index is 13.6. The number of anilines is 1. The third-order valence-electron chi connectivity index (χ3n) is 5.93. The van der Waals surface area contributed by atoms with Crippen molar-refractivity contribution in [3.05, 3.63) is 65.4 Å². The van der Waals surface area contributed by atoms with Gasteiger partial charge >= 0.3 is 0 Å². The van der Waals surface area contributed by atoms with Crippen LogP contribution in [0.15, 0.2) is 54.2 Å². The number of imide groups is 1. The molecule has 0 bridgehead atoms. The SMILES string of the molecule is CCOc1ccc(C2=C(N3CCCC3)C(=O)N(c3ccc(C(C)(C)C)cc3)C2=O)cc1. The topological polar surface area (TPSA) is 49.9 Å². The third kappa shape index (κ3) is 3.97. The van der Waals surface area contributed by atoms with Crippen LogP contribution in [0, 0.1) is 0 Å². The molecule has 0 unspecified atom stereocenters. The highest BCUT2D eigenvalue weighted by atomic mass is 16.5. The third-order valence-corrected chi connectivity index (χ3v) is 5.93. The number of rotatable bonds is 5. The lowest BCUT2D eigenvalue weighted by atomic mass is 9.87. The van der Waals surface area contributed by atoms with Gasteiger partial charge in [-0.05, 0) is 60.6 Å². The second-order valence-electron chi connectivity index (χ2n) is 9.12. The monoisotopic (exact) mass is 418 g/mol. The molecule has 0 aliphatic carbocycles. The molecular formula is C26H30N2O3. The summed E-state index contributed by atoms with van der Waals surface area (Å²) in [6.07, 6.45) is 2.06. The number of ether oxygens (including phenoxy) is 1. The lowest BCUT2D eigenvalue weighted by Crippen LogP contribution is -2.34. The normalized spacial score (nSPS) is 17.2. The number of benzene rings is 2. The zero-order valence-corrected chi connectivity index (χ0v) is 18.8. The van der Waals surface area contributed by atoms with E-state index in [9.17, 15) is 9.59 Å². The summed E-state index contributed by atoms with van der Waals surface area (Å²) in [7, 11) is 0. The summed E-state index contributed by atoms with van der Waals surface area (Å²) in [5.74, 6) is 0.250. The second kappa shape index (κ2) is 8.22. The van der Waals surface area contributed by atoms with Crippen molar-refractivity contribution in [2.45, 2.75) is 46.0 Å². The fraction of sp³-hybridized carbons (Fsp3) is 0.385. The molecule has 0 radical (unpaired) electrons. The molecule has 31 heavy (non-hydrogen) atoms. The molecule has 162 valence electrons. The quantitative estimate of drug-likeness (QED) is 0.657. The van der Waals surface area contributed by atoms with Crippen LogP contribution in [0.3, 0.4) is 0 Å². The van der Waals surface area contributed by atoms with Gasteiger partial charge in [0, 0.05) is 13.1 Å². The van der Waals surface area contributed by atoms with Crippen molar-refractivity contribution in [2.24, 2.45) is 0 Å². The summed E-state index contributed by atoms with van der Waals surface area (Å²) in [5, 5.41) is 0. The Bertz CT molecular complexity index is 1010. The summed E-state index contributed by atoms with van der Waals surface area (Å²) in [6.45, 7) is 10.5. The smallest absolute Gasteiger partial charge is 0.282 e. The van der Waals surface area contributed by atoms with Crippen molar-refractivity contribution in [2.75, 3.05) is 24.6 Å². The maximum Gasteiger partial charge on any atom is 0.282 e. The lowest BCUT2D eigenvalue weighted by molar-refractivity contribution is -0.120. The first-order chi connectivity index (χ1) is 14.8. The van der Waals surface area contributed by atoms with Gasteiger partial charge in [-0.1, -0.05) is 45.0 Å². The Morgan fingerprint density at radius 1 is 0.871 bits per heavy atom. The van der Waals surface area contributed by atoms with Crippen molar-refractivity contribution in [1.29, 1.82) is 0 Å². The molecule has 0 atom stereocenters. The highest BCUT2D eigenvalue weighted by molar-refractivity contribution is 6.45. The first kappa shape index (κ1) is 21.2. The molecule has 2 aromatic carbocycles. The number of likely N-dealkylation sites (tertiary alicyclic amines) is 1. The summed E-state index contributed by atoms with van der Waals surface area (Å²) in [5.41, 5.74) is 3.53. The number of hydrogen-bond acceptors (Lipinski definition) is 4. The van der Waals surface area contributed by atoms with Gasteiger partial charge in [0.05, 0.1) is 17.9 Å². The minimum Gasteiger partial charge on any atom is -0.494 e. The van der Waals surface area contributed by atoms with Gasteiger partial charge in [-0.2, -0.15) is 0 Å². The molecule has 1 fully saturated rings. The second-order valence-corrected chi connectivity index (χ2v) is 9.12. The van der Waals surface area contributed by atoms with Crippen molar-refractivity contribution in [3.63, 3.8) is 0 Å². The number of hydrogen-bond donors (Lipinski definition) is 0. The van der Waals surface area contributed by atoms with Gasteiger partial charge in [0.25, 0.3) is 11.8 Å². The summed E-state index contributed by atoms with van der Waals surface area (Å²) in [6, 6.07) is 15.2. The van der Waals surface area contributed by atoms with Crippen molar-refractivity contribution in [1.82, 2.24) is 4.90 Å². The van der Waals surface area contributed by atoms with E-state index in [0.717, 1.165) is 42.8 Å². The predicted molar refractivity (Wildman–Crippen MR) is 123 cm³/mol. The Morgan fingerprint density at radius 3 is 2.03 bits per heavy atom. The highest BCUT2D eigenvalue weighted by Gasteiger charge is 2.43. The number of carbonyl (C=O) groups is 2. The fourth-order valence-electron chi connectivity index (χ4n) is 4.24. The molecule has 2 amide bonds. The molecule has 5 nitrogen and oxygen atoms in total. The molecule has 4 rings (SSSR count). The highest BCUT2D eigenvalue weighted by Crippen LogP contribution is 2.37. The van der Waals surface area contributed by atoms with Gasteiger partial charge in [0.1, 0.15) is 11.4 Å². The van der Waals surface area contributed by atoms with E-state index in [-0.39, 0.29) is 17.2 Å². The molecule has 0 N–H and O–H groups in total. The van der Waals surface area contributed by atoms with Crippen LogP contribution in [-0.2, 0) is 15.0 Å². The standard InChI is InChI=1S/C26H30N2O3/c1-5-31-21-14-8-18(9-15-21)22-23(27-16-6-7-17-27)25(30)28(24(22)29)20-12-10-19(11-13-20)26(2,3)4/h8-15H,5-7,16-17H2,1-4H3. The summed E-state index contributed by atoms with van der Waals surface area (Å²) >= 11 is 0. The van der Waals surface area contributed by atoms with E-state index in [1.165, 1.54) is 4.90 Å². The van der Waals surface area contributed by atoms with Gasteiger partial charge < -0.3 is 9.64 Å². The Labute approximate surface area is 184 Å². The van der Waals surface area contributed by atoms with Crippen molar-refractivity contribution in [3.8, 4) is 5.75 Å². The average Bonchev–Trinajstić information content (AvgIpc) is 3.34. The van der Waals surface area contributed by atoms with E-state index in [1.807, 2.05) is 55.5 Å².